The van der Waals surface area contributed by atoms with E-state index < -0.39 is 0 Å². The minimum absolute atomic E-state index is 0.242. The van der Waals surface area contributed by atoms with Crippen molar-refractivity contribution in [1.82, 2.24) is 9.97 Å². The van der Waals surface area contributed by atoms with E-state index in [1.807, 2.05) is 12.1 Å². The van der Waals surface area contributed by atoms with E-state index in [0.29, 0.717) is 17.0 Å². The summed E-state index contributed by atoms with van der Waals surface area (Å²) in [4.78, 5) is 16.7. The van der Waals surface area contributed by atoms with Crippen LogP contribution in [0.2, 0.25) is 0 Å². The van der Waals surface area contributed by atoms with Gasteiger partial charge in [-0.25, -0.2) is 4.98 Å². The van der Waals surface area contributed by atoms with Gasteiger partial charge in [-0.05, 0) is 12.1 Å². The van der Waals surface area contributed by atoms with Crippen molar-refractivity contribution in [3.05, 3.63) is 58.1 Å². The molecule has 0 amide bonds. The smallest absolute Gasteiger partial charge is 0.249 e. The van der Waals surface area contributed by atoms with Crippen LogP contribution in [0.5, 0.6) is 5.88 Å². The number of aromatic nitrogens is 2. The Bertz CT molecular complexity index is 680. The van der Waals surface area contributed by atoms with Crippen LogP contribution in [-0.4, -0.2) is 17.1 Å². The molecular formula is C13H10N4O2. The fourth-order valence-electron chi connectivity index (χ4n) is 1.10. The van der Waals surface area contributed by atoms with Crippen molar-refractivity contribution in [3.8, 4) is 18.0 Å². The zero-order valence-corrected chi connectivity index (χ0v) is 10.1. The van der Waals surface area contributed by atoms with E-state index in [1.165, 1.54) is 25.6 Å². The largest absolute Gasteiger partial charge is 0.481 e. The van der Waals surface area contributed by atoms with Gasteiger partial charge in [-0.3, -0.25) is 4.79 Å². The third-order valence-electron chi connectivity index (χ3n) is 1.98. The van der Waals surface area contributed by atoms with Gasteiger partial charge in [0.15, 0.2) is 0 Å². The Morgan fingerprint density at radius 2 is 1.89 bits per heavy atom. The first-order valence-electron chi connectivity index (χ1n) is 5.18. The van der Waals surface area contributed by atoms with Crippen LogP contribution in [-0.2, 0) is 0 Å². The number of nitrogens with zero attached hydrogens (tertiary/aromatic N) is 3. The highest BCUT2D eigenvalue weighted by molar-refractivity contribution is 5.30. The number of pyridine rings is 2. The van der Waals surface area contributed by atoms with Gasteiger partial charge in [-0.2, -0.15) is 10.5 Å². The highest BCUT2D eigenvalue weighted by Gasteiger charge is 1.92. The Morgan fingerprint density at radius 1 is 1.21 bits per heavy atom. The SMILES string of the molecule is COc1cc(C#N)ccn1.N#Cc1cc[nH]c(=O)c1. The summed E-state index contributed by atoms with van der Waals surface area (Å²) in [6.07, 6.45) is 2.98. The molecule has 0 radical (unpaired) electrons. The van der Waals surface area contributed by atoms with Crippen molar-refractivity contribution in [3.63, 3.8) is 0 Å². The average Bonchev–Trinajstić information content (AvgIpc) is 2.48. The molecule has 0 unspecified atom stereocenters. The van der Waals surface area contributed by atoms with Crippen molar-refractivity contribution in [2.24, 2.45) is 0 Å². The van der Waals surface area contributed by atoms with Crippen LogP contribution < -0.4 is 10.3 Å². The molecule has 1 N–H and O–H groups in total. The molecule has 0 saturated carbocycles. The summed E-state index contributed by atoms with van der Waals surface area (Å²) in [5, 5.41) is 16.7. The lowest BCUT2D eigenvalue weighted by atomic mass is 10.3. The van der Waals surface area contributed by atoms with E-state index in [4.69, 9.17) is 15.3 Å². The van der Waals surface area contributed by atoms with E-state index in [0.717, 1.165) is 0 Å². The van der Waals surface area contributed by atoms with E-state index in [2.05, 4.69) is 9.97 Å². The Kier molecular flexibility index (Phi) is 5.32. The number of aromatic amines is 1. The number of methoxy groups -OCH3 is 1. The second-order valence-corrected chi connectivity index (χ2v) is 3.25. The summed E-state index contributed by atoms with van der Waals surface area (Å²) >= 11 is 0. The third-order valence-corrected chi connectivity index (χ3v) is 1.98. The number of nitriles is 2. The summed E-state index contributed by atoms with van der Waals surface area (Å²) in [7, 11) is 1.52. The number of ether oxygens (including phenoxy) is 1. The summed E-state index contributed by atoms with van der Waals surface area (Å²) in [5.74, 6) is 0.471. The molecule has 0 aliphatic rings. The zero-order valence-electron chi connectivity index (χ0n) is 10.1. The van der Waals surface area contributed by atoms with Crippen molar-refractivity contribution < 1.29 is 4.74 Å². The number of rotatable bonds is 1. The molecule has 2 heterocycles. The highest BCUT2D eigenvalue weighted by atomic mass is 16.5. The van der Waals surface area contributed by atoms with Crippen LogP contribution in [0.3, 0.4) is 0 Å². The van der Waals surface area contributed by atoms with Gasteiger partial charge in [0.1, 0.15) is 0 Å². The number of nitrogens with one attached hydrogen (secondary N) is 1. The van der Waals surface area contributed by atoms with Crippen molar-refractivity contribution in [2.45, 2.75) is 0 Å². The topological polar surface area (TPSA) is 103 Å². The van der Waals surface area contributed by atoms with Crippen LogP contribution >= 0.6 is 0 Å². The third kappa shape index (κ3) is 4.72. The molecule has 0 aromatic carbocycles. The van der Waals surface area contributed by atoms with Gasteiger partial charge in [-0.1, -0.05) is 0 Å². The first kappa shape index (κ1) is 13.9. The molecule has 0 aliphatic heterocycles. The Labute approximate surface area is 109 Å². The minimum atomic E-state index is -0.242. The molecule has 0 spiro atoms. The fourth-order valence-corrected chi connectivity index (χ4v) is 1.10. The lowest BCUT2D eigenvalue weighted by molar-refractivity contribution is 0.398. The molecule has 94 valence electrons. The van der Waals surface area contributed by atoms with E-state index in [9.17, 15) is 4.79 Å². The molecule has 6 nitrogen and oxygen atoms in total. The summed E-state index contributed by atoms with van der Waals surface area (Å²) < 4.78 is 4.79. The molecular weight excluding hydrogens is 244 g/mol. The van der Waals surface area contributed by atoms with Gasteiger partial charge in [-0.15, -0.1) is 0 Å². The van der Waals surface area contributed by atoms with Gasteiger partial charge in [0.05, 0.1) is 30.4 Å². The van der Waals surface area contributed by atoms with Gasteiger partial charge in [0, 0.05) is 24.5 Å². The molecule has 2 rings (SSSR count). The summed E-state index contributed by atoms with van der Waals surface area (Å²) in [6, 6.07) is 9.83. The highest BCUT2D eigenvalue weighted by Crippen LogP contribution is 2.06. The maximum Gasteiger partial charge on any atom is 0.249 e. The second-order valence-electron chi connectivity index (χ2n) is 3.25. The molecule has 0 bridgehead atoms. The lowest BCUT2D eigenvalue weighted by Gasteiger charge is -1.95. The van der Waals surface area contributed by atoms with E-state index in [1.54, 1.807) is 18.2 Å². The molecule has 2 aromatic heterocycles. The maximum absolute atomic E-state index is 10.4. The number of H-pyrrole nitrogens is 1. The molecule has 2 aromatic rings. The molecule has 0 aliphatic carbocycles. The van der Waals surface area contributed by atoms with Crippen molar-refractivity contribution >= 4 is 0 Å². The number of hydrogen-bond acceptors (Lipinski definition) is 5. The van der Waals surface area contributed by atoms with Crippen LogP contribution in [0.15, 0.2) is 41.5 Å². The second kappa shape index (κ2) is 7.25. The molecule has 0 atom stereocenters. The van der Waals surface area contributed by atoms with E-state index in [-0.39, 0.29) is 5.56 Å². The normalized spacial score (nSPS) is 8.37. The first-order chi connectivity index (χ1) is 9.19. The van der Waals surface area contributed by atoms with Gasteiger partial charge in [0.25, 0.3) is 0 Å². The fraction of sp³-hybridized carbons (Fsp3) is 0.0769. The molecule has 19 heavy (non-hydrogen) atoms. The summed E-state index contributed by atoms with van der Waals surface area (Å²) in [5.41, 5.74) is 0.708. The predicted octanol–water partition coefficient (Wildman–Crippen LogP) is 1.21. The van der Waals surface area contributed by atoms with Crippen molar-refractivity contribution in [2.75, 3.05) is 7.11 Å². The van der Waals surface area contributed by atoms with Gasteiger partial charge < -0.3 is 9.72 Å². The van der Waals surface area contributed by atoms with Crippen LogP contribution in [0, 0.1) is 22.7 Å². The van der Waals surface area contributed by atoms with Crippen molar-refractivity contribution in [1.29, 1.82) is 10.5 Å². The quantitative estimate of drug-likeness (QED) is 0.823. The number of hydrogen-bond donors (Lipinski definition) is 1. The standard InChI is InChI=1S/C7H6N2O.C6H4N2O/c1-10-7-4-6(5-8)2-3-9-7;7-4-5-1-2-8-6(9)3-5/h2-4H,1H3;1-3H,(H,8,9). The zero-order chi connectivity index (χ0) is 14.1. The monoisotopic (exact) mass is 254 g/mol. The Hall–Kier alpha value is -3.12. The Balaban J connectivity index is 0.000000191. The van der Waals surface area contributed by atoms with E-state index >= 15 is 0 Å². The Morgan fingerprint density at radius 3 is 2.42 bits per heavy atom. The predicted molar refractivity (Wildman–Crippen MR) is 67.3 cm³/mol. The molecule has 6 heteroatoms. The van der Waals surface area contributed by atoms with Crippen LogP contribution in [0.4, 0.5) is 0 Å². The first-order valence-corrected chi connectivity index (χ1v) is 5.18. The molecule has 0 fully saturated rings. The molecule has 0 saturated heterocycles. The minimum Gasteiger partial charge on any atom is -0.481 e. The van der Waals surface area contributed by atoms with Crippen LogP contribution in [0.1, 0.15) is 11.1 Å². The lowest BCUT2D eigenvalue weighted by Crippen LogP contribution is -2.01. The van der Waals surface area contributed by atoms with Gasteiger partial charge >= 0.3 is 0 Å². The maximum atomic E-state index is 10.4. The van der Waals surface area contributed by atoms with Gasteiger partial charge in [0.2, 0.25) is 11.4 Å². The summed E-state index contributed by atoms with van der Waals surface area (Å²) in [6.45, 7) is 0. The average molecular weight is 254 g/mol. The van der Waals surface area contributed by atoms with Crippen LogP contribution in [0.25, 0.3) is 0 Å².